The summed E-state index contributed by atoms with van der Waals surface area (Å²) < 4.78 is 26.4. The molecule has 0 radical (unpaired) electrons. The van der Waals surface area contributed by atoms with E-state index in [0.29, 0.717) is 18.0 Å². The van der Waals surface area contributed by atoms with Crippen molar-refractivity contribution in [3.8, 4) is 0 Å². The molecule has 0 saturated heterocycles. The molecule has 0 saturated carbocycles. The van der Waals surface area contributed by atoms with E-state index in [4.69, 9.17) is 11.6 Å². The van der Waals surface area contributed by atoms with E-state index in [1.807, 2.05) is 0 Å². The molecule has 0 atom stereocenters. The van der Waals surface area contributed by atoms with Crippen LogP contribution in [0.3, 0.4) is 0 Å². The largest absolute Gasteiger partial charge is 0.326 e. The van der Waals surface area contributed by atoms with Crippen molar-refractivity contribution in [2.75, 3.05) is 11.2 Å². The zero-order chi connectivity index (χ0) is 15.9. The summed E-state index contributed by atoms with van der Waals surface area (Å²) in [6, 6.07) is 5.93. The van der Waals surface area contributed by atoms with Crippen LogP contribution < -0.4 is 10.0 Å². The summed E-state index contributed by atoms with van der Waals surface area (Å²) in [7, 11) is -3.50. The Balaban J connectivity index is 2.64. The average molecular weight is 333 g/mol. The normalized spacial score (nSPS) is 11.6. The Morgan fingerprint density at radius 3 is 2.33 bits per heavy atom. The van der Waals surface area contributed by atoms with Crippen molar-refractivity contribution >= 4 is 33.2 Å². The molecule has 0 aliphatic carbocycles. The number of unbranched alkanes of at least 4 members (excludes halogenated alkanes) is 1. The van der Waals surface area contributed by atoms with Gasteiger partial charge in [0.15, 0.2) is 0 Å². The van der Waals surface area contributed by atoms with Crippen LogP contribution in [0, 0.1) is 0 Å². The van der Waals surface area contributed by atoms with Crippen LogP contribution in [-0.4, -0.2) is 26.2 Å². The molecule has 0 aliphatic heterocycles. The number of benzene rings is 1. The fourth-order valence-corrected chi connectivity index (χ4v) is 3.14. The van der Waals surface area contributed by atoms with Crippen molar-refractivity contribution in [1.29, 1.82) is 0 Å². The smallest absolute Gasteiger partial charge is 0.240 e. The molecule has 0 aliphatic rings. The summed E-state index contributed by atoms with van der Waals surface area (Å²) in [5.41, 5.74) is 0.578. The van der Waals surface area contributed by atoms with Crippen LogP contribution in [-0.2, 0) is 14.8 Å². The van der Waals surface area contributed by atoms with Gasteiger partial charge in [-0.3, -0.25) is 4.79 Å². The lowest BCUT2D eigenvalue weighted by atomic mass is 10.2. The van der Waals surface area contributed by atoms with Crippen molar-refractivity contribution in [2.45, 2.75) is 44.0 Å². The molecule has 1 aromatic rings. The number of hydrogen-bond donors (Lipinski definition) is 2. The van der Waals surface area contributed by atoms with E-state index in [9.17, 15) is 13.2 Å². The van der Waals surface area contributed by atoms with Crippen molar-refractivity contribution in [2.24, 2.45) is 0 Å². The number of nitrogens with one attached hydrogen (secondary N) is 2. The molecule has 7 heteroatoms. The van der Waals surface area contributed by atoms with Crippen molar-refractivity contribution < 1.29 is 13.2 Å². The predicted octanol–water partition coefficient (Wildman–Crippen LogP) is 2.72. The number of sulfonamides is 1. The molecule has 0 unspecified atom stereocenters. The van der Waals surface area contributed by atoms with Gasteiger partial charge in [-0.2, -0.15) is 0 Å². The molecule has 2 N–H and O–H groups in total. The monoisotopic (exact) mass is 332 g/mol. The van der Waals surface area contributed by atoms with E-state index in [0.717, 1.165) is 12.8 Å². The van der Waals surface area contributed by atoms with Gasteiger partial charge in [-0.15, -0.1) is 11.6 Å². The van der Waals surface area contributed by atoms with Gasteiger partial charge in [0, 0.05) is 24.0 Å². The summed E-state index contributed by atoms with van der Waals surface area (Å²) >= 11 is 5.55. The van der Waals surface area contributed by atoms with Gasteiger partial charge in [0.1, 0.15) is 0 Å². The van der Waals surface area contributed by atoms with Gasteiger partial charge in [0.2, 0.25) is 15.9 Å². The van der Waals surface area contributed by atoms with E-state index in [2.05, 4.69) is 10.0 Å². The average Bonchev–Trinajstić information content (AvgIpc) is 2.38. The van der Waals surface area contributed by atoms with Crippen LogP contribution >= 0.6 is 11.6 Å². The van der Waals surface area contributed by atoms with Gasteiger partial charge < -0.3 is 5.32 Å². The third kappa shape index (κ3) is 6.46. The number of rotatable bonds is 8. The van der Waals surface area contributed by atoms with Crippen molar-refractivity contribution in [3.63, 3.8) is 0 Å². The minimum Gasteiger partial charge on any atom is -0.326 e. The first kappa shape index (κ1) is 17.9. The Labute approximate surface area is 131 Å². The molecule has 1 amide bonds. The molecule has 5 nitrogen and oxygen atoms in total. The van der Waals surface area contributed by atoms with Crippen molar-refractivity contribution in [3.05, 3.63) is 24.3 Å². The fraction of sp³-hybridized carbons (Fsp3) is 0.500. The standard InChI is InChI=1S/C14H21ClN2O3S/c1-11(2)17-21(19,20)13-8-6-12(7-9-13)16-14(18)5-3-4-10-15/h6-9,11,17H,3-5,10H2,1-2H3,(H,16,18). The summed E-state index contributed by atoms with van der Waals surface area (Å²) in [6.07, 6.45) is 1.94. The van der Waals surface area contributed by atoms with E-state index >= 15 is 0 Å². The second-order valence-electron chi connectivity index (χ2n) is 4.99. The maximum Gasteiger partial charge on any atom is 0.240 e. The zero-order valence-electron chi connectivity index (χ0n) is 12.2. The van der Waals surface area contributed by atoms with E-state index in [-0.39, 0.29) is 16.8 Å². The lowest BCUT2D eigenvalue weighted by molar-refractivity contribution is -0.116. The Morgan fingerprint density at radius 1 is 1.19 bits per heavy atom. The summed E-state index contributed by atoms with van der Waals surface area (Å²) in [5.74, 6) is 0.443. The Morgan fingerprint density at radius 2 is 1.81 bits per heavy atom. The summed E-state index contributed by atoms with van der Waals surface area (Å²) in [6.45, 7) is 3.51. The minimum absolute atomic E-state index is 0.101. The van der Waals surface area contributed by atoms with Gasteiger partial charge >= 0.3 is 0 Å². The highest BCUT2D eigenvalue weighted by Crippen LogP contribution is 2.15. The van der Waals surface area contributed by atoms with Crippen LogP contribution in [0.2, 0.25) is 0 Å². The minimum atomic E-state index is -3.50. The van der Waals surface area contributed by atoms with Gasteiger partial charge in [0.25, 0.3) is 0 Å². The zero-order valence-corrected chi connectivity index (χ0v) is 13.8. The second kappa shape index (κ2) is 8.36. The topological polar surface area (TPSA) is 75.3 Å². The molecule has 0 aromatic heterocycles. The van der Waals surface area contributed by atoms with Crippen molar-refractivity contribution in [1.82, 2.24) is 4.72 Å². The van der Waals surface area contributed by atoms with E-state index in [1.165, 1.54) is 12.1 Å². The number of alkyl halides is 1. The maximum absolute atomic E-state index is 11.9. The molecule has 0 fully saturated rings. The Hall–Kier alpha value is -1.11. The Bertz CT molecular complexity index is 556. The lowest BCUT2D eigenvalue weighted by Crippen LogP contribution is -2.30. The molecule has 118 valence electrons. The highest BCUT2D eigenvalue weighted by molar-refractivity contribution is 7.89. The first-order valence-electron chi connectivity index (χ1n) is 6.83. The SMILES string of the molecule is CC(C)NS(=O)(=O)c1ccc(NC(=O)CCCCCl)cc1. The van der Waals surface area contributed by atoms with Crippen LogP contribution in [0.15, 0.2) is 29.2 Å². The predicted molar refractivity (Wildman–Crippen MR) is 85.1 cm³/mol. The molecule has 21 heavy (non-hydrogen) atoms. The van der Waals surface area contributed by atoms with E-state index in [1.54, 1.807) is 26.0 Å². The number of carbonyl (C=O) groups excluding carboxylic acids is 1. The van der Waals surface area contributed by atoms with Crippen LogP contribution in [0.4, 0.5) is 5.69 Å². The third-order valence-corrected chi connectivity index (χ3v) is 4.57. The Kier molecular flexibility index (Phi) is 7.14. The summed E-state index contributed by atoms with van der Waals surface area (Å²) in [5, 5.41) is 2.72. The maximum atomic E-state index is 11.9. The van der Waals surface area contributed by atoms with Crippen LogP contribution in [0.5, 0.6) is 0 Å². The number of amides is 1. The number of hydrogen-bond acceptors (Lipinski definition) is 3. The molecular weight excluding hydrogens is 312 g/mol. The third-order valence-electron chi connectivity index (χ3n) is 2.63. The van der Waals surface area contributed by atoms with Gasteiger partial charge in [-0.1, -0.05) is 0 Å². The fourth-order valence-electron chi connectivity index (χ4n) is 1.70. The second-order valence-corrected chi connectivity index (χ2v) is 7.09. The molecule has 0 bridgehead atoms. The van der Waals surface area contributed by atoms with Crippen LogP contribution in [0.1, 0.15) is 33.1 Å². The quantitative estimate of drug-likeness (QED) is 0.567. The number of carbonyl (C=O) groups is 1. The lowest BCUT2D eigenvalue weighted by Gasteiger charge is -2.10. The number of halogens is 1. The van der Waals surface area contributed by atoms with Gasteiger partial charge in [0.05, 0.1) is 4.90 Å². The molecular formula is C14H21ClN2O3S. The first-order valence-corrected chi connectivity index (χ1v) is 8.85. The van der Waals surface area contributed by atoms with Gasteiger partial charge in [-0.05, 0) is 51.0 Å². The van der Waals surface area contributed by atoms with E-state index < -0.39 is 10.0 Å². The highest BCUT2D eigenvalue weighted by atomic mass is 35.5. The molecule has 0 heterocycles. The first-order chi connectivity index (χ1) is 9.85. The summed E-state index contributed by atoms with van der Waals surface area (Å²) in [4.78, 5) is 11.8. The molecule has 0 spiro atoms. The highest BCUT2D eigenvalue weighted by Gasteiger charge is 2.15. The molecule has 1 rings (SSSR count). The number of anilines is 1. The molecule has 1 aromatic carbocycles. The van der Waals surface area contributed by atoms with Crippen LogP contribution in [0.25, 0.3) is 0 Å². The van der Waals surface area contributed by atoms with Gasteiger partial charge in [-0.25, -0.2) is 13.1 Å².